The second-order valence-corrected chi connectivity index (χ2v) is 5.81. The smallest absolute Gasteiger partial charge is 0.124 e. The number of aromatic nitrogens is 2. The molecular weight excluding hydrogens is 281 g/mol. The first-order valence-corrected chi connectivity index (χ1v) is 7.52. The molecule has 0 amide bonds. The number of fused-ring (bicyclic) bond motifs is 1. The van der Waals surface area contributed by atoms with E-state index in [0.29, 0.717) is 5.88 Å². The summed E-state index contributed by atoms with van der Waals surface area (Å²) in [5.74, 6) is 1.31. The van der Waals surface area contributed by atoms with Crippen LogP contribution < -0.4 is 0 Å². The molecule has 0 N–H and O–H groups in total. The Labute approximate surface area is 123 Å². The molecule has 102 valence electrons. The van der Waals surface area contributed by atoms with E-state index in [9.17, 15) is 0 Å². The molecule has 2 aromatic rings. The first-order chi connectivity index (χ1) is 9.20. The van der Waals surface area contributed by atoms with Crippen LogP contribution in [0.4, 0.5) is 0 Å². The van der Waals surface area contributed by atoms with Gasteiger partial charge in [0, 0.05) is 19.1 Å². The van der Waals surface area contributed by atoms with E-state index in [1.807, 2.05) is 18.2 Å². The molecule has 1 aliphatic rings. The van der Waals surface area contributed by atoms with Crippen molar-refractivity contribution in [2.24, 2.45) is 0 Å². The molecule has 0 bridgehead atoms. The second-order valence-electron chi connectivity index (χ2n) is 5.13. The molecule has 0 unspecified atom stereocenters. The van der Waals surface area contributed by atoms with Gasteiger partial charge in [-0.25, -0.2) is 4.98 Å². The topological polar surface area (TPSA) is 21.1 Å². The Kier molecular flexibility index (Phi) is 3.70. The van der Waals surface area contributed by atoms with Crippen molar-refractivity contribution in [3.63, 3.8) is 0 Å². The van der Waals surface area contributed by atoms with Crippen LogP contribution in [0.25, 0.3) is 11.0 Å². The molecule has 1 aliphatic carbocycles. The largest absolute Gasteiger partial charge is 0.324 e. The number of alkyl halides is 1. The Bertz CT molecular complexity index is 590. The summed E-state index contributed by atoms with van der Waals surface area (Å²) in [6, 6.07) is 6.59. The molecule has 0 atom stereocenters. The number of para-hydroxylation sites is 1. The molecule has 3 rings (SSSR count). The lowest BCUT2D eigenvalue weighted by atomic mass is 10.3. The third-order valence-electron chi connectivity index (χ3n) is 3.76. The third kappa shape index (κ3) is 2.60. The summed E-state index contributed by atoms with van der Waals surface area (Å²) >= 11 is 12.3. The highest BCUT2D eigenvalue weighted by Gasteiger charge is 2.26. The molecule has 0 spiro atoms. The van der Waals surface area contributed by atoms with Gasteiger partial charge in [0.05, 0.1) is 21.9 Å². The van der Waals surface area contributed by atoms with Gasteiger partial charge in [-0.3, -0.25) is 0 Å². The molecule has 5 heteroatoms. The maximum absolute atomic E-state index is 6.31. The van der Waals surface area contributed by atoms with Crippen LogP contribution in [0, 0.1) is 0 Å². The number of halogens is 2. The fraction of sp³-hybridized carbons (Fsp3) is 0.500. The lowest BCUT2D eigenvalue weighted by Gasteiger charge is -2.17. The number of hydrogen-bond donors (Lipinski definition) is 0. The molecule has 19 heavy (non-hydrogen) atoms. The zero-order chi connectivity index (χ0) is 13.4. The van der Waals surface area contributed by atoms with Crippen LogP contribution in [0.3, 0.4) is 0 Å². The SMILES string of the molecule is CN(CCn1c(CCl)nc2cccc(Cl)c21)C1CC1. The van der Waals surface area contributed by atoms with Crippen LogP contribution >= 0.6 is 23.2 Å². The van der Waals surface area contributed by atoms with Gasteiger partial charge in [-0.05, 0) is 32.0 Å². The Morgan fingerprint density at radius 2 is 2.21 bits per heavy atom. The van der Waals surface area contributed by atoms with Crippen molar-refractivity contribution < 1.29 is 0 Å². The summed E-state index contributed by atoms with van der Waals surface area (Å²) in [5.41, 5.74) is 1.93. The summed E-state index contributed by atoms with van der Waals surface area (Å²) in [4.78, 5) is 6.96. The zero-order valence-corrected chi connectivity index (χ0v) is 12.5. The van der Waals surface area contributed by atoms with E-state index in [1.165, 1.54) is 12.8 Å². The highest BCUT2D eigenvalue weighted by atomic mass is 35.5. The van der Waals surface area contributed by atoms with Gasteiger partial charge in [0.2, 0.25) is 0 Å². The molecule has 3 nitrogen and oxygen atoms in total. The summed E-state index contributed by atoms with van der Waals surface area (Å²) in [6.07, 6.45) is 2.65. The van der Waals surface area contributed by atoms with Crippen molar-refractivity contribution >= 4 is 34.2 Å². The summed E-state index contributed by atoms with van der Waals surface area (Å²) in [7, 11) is 2.18. The minimum atomic E-state index is 0.415. The summed E-state index contributed by atoms with van der Waals surface area (Å²) in [5, 5.41) is 0.746. The third-order valence-corrected chi connectivity index (χ3v) is 4.31. The maximum Gasteiger partial charge on any atom is 0.124 e. The molecule has 1 aromatic carbocycles. The number of benzene rings is 1. The van der Waals surface area contributed by atoms with Crippen LogP contribution in [0.5, 0.6) is 0 Å². The lowest BCUT2D eigenvalue weighted by molar-refractivity contribution is 0.309. The van der Waals surface area contributed by atoms with Gasteiger partial charge in [-0.1, -0.05) is 17.7 Å². The van der Waals surface area contributed by atoms with Crippen molar-refractivity contribution in [2.45, 2.75) is 31.3 Å². The average molecular weight is 298 g/mol. The highest BCUT2D eigenvalue weighted by molar-refractivity contribution is 6.35. The van der Waals surface area contributed by atoms with Crippen LogP contribution in [-0.2, 0) is 12.4 Å². The van der Waals surface area contributed by atoms with Crippen molar-refractivity contribution in [3.05, 3.63) is 29.0 Å². The number of likely N-dealkylation sites (N-methyl/N-ethyl adjacent to an activating group) is 1. The van der Waals surface area contributed by atoms with Crippen molar-refractivity contribution in [1.82, 2.24) is 14.5 Å². The number of hydrogen-bond acceptors (Lipinski definition) is 2. The van der Waals surface area contributed by atoms with Crippen LogP contribution in [0.1, 0.15) is 18.7 Å². The normalized spacial score (nSPS) is 15.6. The minimum absolute atomic E-state index is 0.415. The standard InChI is InChI=1S/C14H17Cl2N3/c1-18(10-5-6-10)7-8-19-13(9-15)17-12-4-2-3-11(16)14(12)19/h2-4,10H,5-9H2,1H3. The van der Waals surface area contributed by atoms with Crippen molar-refractivity contribution in [3.8, 4) is 0 Å². The average Bonchev–Trinajstić information content (AvgIpc) is 3.18. The molecular formula is C14H17Cl2N3. The first kappa shape index (κ1) is 13.2. The van der Waals surface area contributed by atoms with Crippen molar-refractivity contribution in [1.29, 1.82) is 0 Å². The van der Waals surface area contributed by atoms with Crippen molar-refractivity contribution in [2.75, 3.05) is 13.6 Å². The predicted molar refractivity (Wildman–Crippen MR) is 80.0 cm³/mol. The van der Waals surface area contributed by atoms with E-state index in [4.69, 9.17) is 23.2 Å². The number of rotatable bonds is 5. The number of imidazole rings is 1. The lowest BCUT2D eigenvalue weighted by Crippen LogP contribution is -2.25. The molecule has 1 heterocycles. The predicted octanol–water partition coefficient (Wildman–Crippen LogP) is 3.52. The molecule has 1 fully saturated rings. The van der Waals surface area contributed by atoms with Gasteiger partial charge >= 0.3 is 0 Å². The van der Waals surface area contributed by atoms with E-state index >= 15 is 0 Å². The molecule has 1 aromatic heterocycles. The van der Waals surface area contributed by atoms with Crippen LogP contribution in [0.2, 0.25) is 5.02 Å². The van der Waals surface area contributed by atoms with Crippen LogP contribution in [-0.4, -0.2) is 34.1 Å². The summed E-state index contributed by atoms with van der Waals surface area (Å²) < 4.78 is 2.16. The van der Waals surface area contributed by atoms with E-state index in [1.54, 1.807) is 0 Å². The zero-order valence-electron chi connectivity index (χ0n) is 10.9. The Hall–Kier alpha value is -0.770. The molecule has 0 aliphatic heterocycles. The highest BCUT2D eigenvalue weighted by Crippen LogP contribution is 2.27. The van der Waals surface area contributed by atoms with E-state index < -0.39 is 0 Å². The second kappa shape index (κ2) is 5.31. The quantitative estimate of drug-likeness (QED) is 0.787. The molecule has 0 saturated heterocycles. The van der Waals surface area contributed by atoms with E-state index in [0.717, 1.165) is 41.0 Å². The summed E-state index contributed by atoms with van der Waals surface area (Å²) in [6.45, 7) is 1.89. The van der Waals surface area contributed by atoms with Gasteiger partial charge in [-0.2, -0.15) is 0 Å². The Morgan fingerprint density at radius 1 is 1.42 bits per heavy atom. The van der Waals surface area contributed by atoms with Gasteiger partial charge < -0.3 is 9.47 Å². The minimum Gasteiger partial charge on any atom is -0.324 e. The Balaban J connectivity index is 1.91. The maximum atomic E-state index is 6.31. The number of nitrogens with zero attached hydrogens (tertiary/aromatic N) is 3. The van der Waals surface area contributed by atoms with Gasteiger partial charge in [0.25, 0.3) is 0 Å². The monoisotopic (exact) mass is 297 g/mol. The Morgan fingerprint density at radius 3 is 2.89 bits per heavy atom. The van der Waals surface area contributed by atoms with Gasteiger partial charge in [0.15, 0.2) is 0 Å². The fourth-order valence-electron chi connectivity index (χ4n) is 2.49. The fourth-order valence-corrected chi connectivity index (χ4v) is 2.96. The van der Waals surface area contributed by atoms with E-state index in [-0.39, 0.29) is 0 Å². The molecule has 0 radical (unpaired) electrons. The van der Waals surface area contributed by atoms with E-state index in [2.05, 4.69) is 21.5 Å². The van der Waals surface area contributed by atoms with Gasteiger partial charge in [-0.15, -0.1) is 11.6 Å². The molecule has 1 saturated carbocycles. The van der Waals surface area contributed by atoms with Gasteiger partial charge in [0.1, 0.15) is 5.82 Å². The first-order valence-electron chi connectivity index (χ1n) is 6.60. The van der Waals surface area contributed by atoms with Crippen LogP contribution in [0.15, 0.2) is 18.2 Å².